The van der Waals surface area contributed by atoms with Crippen LogP contribution in [0.2, 0.25) is 0 Å². The van der Waals surface area contributed by atoms with Gasteiger partial charge in [-0.2, -0.15) is 0 Å². The lowest BCUT2D eigenvalue weighted by Gasteiger charge is -2.32. The van der Waals surface area contributed by atoms with Gasteiger partial charge in [-0.05, 0) is 53.3 Å². The molecule has 0 unspecified atom stereocenters. The standard InChI is InChI=1S/C20H24N2O/c1-3-15-12-18(16-8-6-5-7-9-16)17-10-11-22(4-2)13-19(17)20(15)21-14-23/h5-9,12,14H,3-4,10-11,13H2,1-2H3,(H,21,23). The van der Waals surface area contributed by atoms with E-state index in [1.807, 2.05) is 0 Å². The van der Waals surface area contributed by atoms with Crippen LogP contribution < -0.4 is 5.32 Å². The van der Waals surface area contributed by atoms with E-state index in [2.05, 4.69) is 60.5 Å². The third-order valence-electron chi connectivity index (χ3n) is 4.81. The summed E-state index contributed by atoms with van der Waals surface area (Å²) in [5.41, 5.74) is 7.51. The topological polar surface area (TPSA) is 32.3 Å². The molecule has 2 aromatic rings. The first kappa shape index (κ1) is 15.8. The number of aryl methyl sites for hydroxylation is 1. The van der Waals surface area contributed by atoms with Crippen LogP contribution >= 0.6 is 0 Å². The second kappa shape index (κ2) is 6.97. The Morgan fingerprint density at radius 3 is 2.61 bits per heavy atom. The Hall–Kier alpha value is -2.13. The Morgan fingerprint density at radius 1 is 1.17 bits per heavy atom. The van der Waals surface area contributed by atoms with E-state index in [0.717, 1.165) is 44.6 Å². The fraction of sp³-hybridized carbons (Fsp3) is 0.350. The molecule has 1 amide bonds. The summed E-state index contributed by atoms with van der Waals surface area (Å²) < 4.78 is 0. The minimum Gasteiger partial charge on any atom is -0.328 e. The van der Waals surface area contributed by atoms with Crippen molar-refractivity contribution in [3.63, 3.8) is 0 Å². The maximum Gasteiger partial charge on any atom is 0.211 e. The highest BCUT2D eigenvalue weighted by molar-refractivity contribution is 5.82. The number of nitrogens with one attached hydrogen (secondary N) is 1. The van der Waals surface area contributed by atoms with Gasteiger partial charge in [0.2, 0.25) is 6.41 Å². The van der Waals surface area contributed by atoms with Crippen LogP contribution in [0.25, 0.3) is 11.1 Å². The molecular formula is C20H24N2O. The van der Waals surface area contributed by atoms with Crippen molar-refractivity contribution in [2.45, 2.75) is 33.2 Å². The molecule has 1 N–H and O–H groups in total. The first-order valence-electron chi connectivity index (χ1n) is 8.44. The van der Waals surface area contributed by atoms with E-state index in [4.69, 9.17) is 0 Å². The normalized spacial score (nSPS) is 14.3. The molecule has 120 valence electrons. The van der Waals surface area contributed by atoms with E-state index < -0.39 is 0 Å². The third-order valence-corrected chi connectivity index (χ3v) is 4.81. The van der Waals surface area contributed by atoms with Crippen LogP contribution in [-0.4, -0.2) is 24.4 Å². The van der Waals surface area contributed by atoms with E-state index in [-0.39, 0.29) is 0 Å². The molecule has 3 rings (SSSR count). The van der Waals surface area contributed by atoms with Crippen molar-refractivity contribution in [2.24, 2.45) is 0 Å². The molecule has 23 heavy (non-hydrogen) atoms. The van der Waals surface area contributed by atoms with Crippen LogP contribution in [0, 0.1) is 0 Å². The lowest BCUT2D eigenvalue weighted by Crippen LogP contribution is -2.31. The quantitative estimate of drug-likeness (QED) is 0.851. The SMILES string of the molecule is CCc1cc(-c2ccccc2)c2c(c1NC=O)CN(CC)CC2. The van der Waals surface area contributed by atoms with E-state index in [1.54, 1.807) is 0 Å². The molecule has 0 aliphatic carbocycles. The van der Waals surface area contributed by atoms with Crippen LogP contribution in [0.15, 0.2) is 36.4 Å². The van der Waals surface area contributed by atoms with Crippen LogP contribution in [0.5, 0.6) is 0 Å². The summed E-state index contributed by atoms with van der Waals surface area (Å²) in [6.07, 6.45) is 2.75. The predicted octanol–water partition coefficient (Wildman–Crippen LogP) is 3.86. The number of likely N-dealkylation sites (N-methyl/N-ethyl adjacent to an activating group) is 1. The van der Waals surface area contributed by atoms with Crippen LogP contribution in [0.3, 0.4) is 0 Å². The Kier molecular flexibility index (Phi) is 4.77. The molecule has 0 saturated heterocycles. The van der Waals surface area contributed by atoms with E-state index in [9.17, 15) is 4.79 Å². The highest BCUT2D eigenvalue weighted by Gasteiger charge is 2.23. The average Bonchev–Trinajstić information content (AvgIpc) is 2.62. The molecule has 0 fully saturated rings. The van der Waals surface area contributed by atoms with Gasteiger partial charge in [0.05, 0.1) is 0 Å². The van der Waals surface area contributed by atoms with Crippen molar-refractivity contribution in [3.8, 4) is 11.1 Å². The van der Waals surface area contributed by atoms with Crippen LogP contribution in [0.1, 0.15) is 30.5 Å². The molecule has 2 aromatic carbocycles. The number of rotatable bonds is 5. The van der Waals surface area contributed by atoms with Gasteiger partial charge in [0.1, 0.15) is 0 Å². The molecular weight excluding hydrogens is 284 g/mol. The molecule has 0 saturated carbocycles. The molecule has 0 spiro atoms. The fourth-order valence-electron chi connectivity index (χ4n) is 3.54. The minimum atomic E-state index is 0.807. The van der Waals surface area contributed by atoms with Gasteiger partial charge in [0.25, 0.3) is 0 Å². The Bertz CT molecular complexity index is 695. The zero-order chi connectivity index (χ0) is 16.2. The lowest BCUT2D eigenvalue weighted by molar-refractivity contribution is -0.105. The number of anilines is 1. The average molecular weight is 308 g/mol. The molecule has 0 atom stereocenters. The van der Waals surface area contributed by atoms with E-state index in [1.165, 1.54) is 27.8 Å². The van der Waals surface area contributed by atoms with Crippen LogP contribution in [-0.2, 0) is 24.2 Å². The molecule has 3 heteroatoms. The van der Waals surface area contributed by atoms with Crippen molar-refractivity contribution < 1.29 is 4.79 Å². The summed E-state index contributed by atoms with van der Waals surface area (Å²) in [6.45, 7) is 7.37. The van der Waals surface area contributed by atoms with Crippen molar-refractivity contribution in [2.75, 3.05) is 18.4 Å². The Balaban J connectivity index is 2.21. The summed E-state index contributed by atoms with van der Waals surface area (Å²) >= 11 is 0. The maximum atomic E-state index is 11.1. The summed E-state index contributed by atoms with van der Waals surface area (Å²) in [5.74, 6) is 0. The minimum absolute atomic E-state index is 0.807. The van der Waals surface area contributed by atoms with E-state index in [0.29, 0.717) is 0 Å². The molecule has 1 heterocycles. The maximum absolute atomic E-state index is 11.1. The van der Waals surface area contributed by atoms with Gasteiger partial charge in [-0.25, -0.2) is 0 Å². The summed E-state index contributed by atoms with van der Waals surface area (Å²) in [7, 11) is 0. The monoisotopic (exact) mass is 308 g/mol. The van der Waals surface area contributed by atoms with Gasteiger partial charge >= 0.3 is 0 Å². The number of benzene rings is 2. The second-order valence-corrected chi connectivity index (χ2v) is 6.02. The van der Waals surface area contributed by atoms with Gasteiger partial charge in [-0.15, -0.1) is 0 Å². The van der Waals surface area contributed by atoms with Gasteiger partial charge in [0.15, 0.2) is 0 Å². The first-order valence-corrected chi connectivity index (χ1v) is 8.44. The van der Waals surface area contributed by atoms with Crippen molar-refractivity contribution in [1.82, 2.24) is 4.90 Å². The molecule has 1 aliphatic rings. The zero-order valence-corrected chi connectivity index (χ0v) is 13.9. The number of carbonyl (C=O) groups excluding carboxylic acids is 1. The van der Waals surface area contributed by atoms with Gasteiger partial charge in [-0.1, -0.05) is 44.2 Å². The number of amides is 1. The number of fused-ring (bicyclic) bond motifs is 1. The predicted molar refractivity (Wildman–Crippen MR) is 95.6 cm³/mol. The zero-order valence-electron chi connectivity index (χ0n) is 13.9. The summed E-state index contributed by atoms with van der Waals surface area (Å²) in [4.78, 5) is 13.5. The third kappa shape index (κ3) is 3.02. The summed E-state index contributed by atoms with van der Waals surface area (Å²) in [6, 6.07) is 12.8. The molecule has 0 radical (unpaired) electrons. The highest BCUT2D eigenvalue weighted by Crippen LogP contribution is 2.37. The van der Waals surface area contributed by atoms with Crippen molar-refractivity contribution >= 4 is 12.1 Å². The smallest absolute Gasteiger partial charge is 0.211 e. The molecule has 3 nitrogen and oxygen atoms in total. The number of hydrogen-bond donors (Lipinski definition) is 1. The molecule has 0 bridgehead atoms. The van der Waals surface area contributed by atoms with Gasteiger partial charge in [0, 0.05) is 18.8 Å². The number of carbonyl (C=O) groups is 1. The van der Waals surface area contributed by atoms with Gasteiger partial charge < -0.3 is 5.32 Å². The first-order chi connectivity index (χ1) is 11.3. The number of nitrogens with zero attached hydrogens (tertiary/aromatic N) is 1. The van der Waals surface area contributed by atoms with E-state index >= 15 is 0 Å². The fourth-order valence-corrected chi connectivity index (χ4v) is 3.54. The molecule has 0 aromatic heterocycles. The lowest BCUT2D eigenvalue weighted by atomic mass is 9.86. The van der Waals surface area contributed by atoms with Crippen LogP contribution in [0.4, 0.5) is 5.69 Å². The van der Waals surface area contributed by atoms with Crippen molar-refractivity contribution in [1.29, 1.82) is 0 Å². The second-order valence-electron chi connectivity index (χ2n) is 6.02. The Morgan fingerprint density at radius 2 is 1.96 bits per heavy atom. The number of hydrogen-bond acceptors (Lipinski definition) is 2. The van der Waals surface area contributed by atoms with Gasteiger partial charge in [-0.3, -0.25) is 9.69 Å². The summed E-state index contributed by atoms with van der Waals surface area (Å²) in [5, 5.41) is 2.97. The Labute approximate surface area is 138 Å². The van der Waals surface area contributed by atoms with Crippen molar-refractivity contribution in [3.05, 3.63) is 53.1 Å². The largest absolute Gasteiger partial charge is 0.328 e. The highest BCUT2D eigenvalue weighted by atomic mass is 16.1. The molecule has 1 aliphatic heterocycles.